The topological polar surface area (TPSA) is 69.4 Å². The molecule has 0 heterocycles. The molecule has 1 aromatic rings. The zero-order valence-corrected chi connectivity index (χ0v) is 11.3. The highest BCUT2D eigenvalue weighted by atomic mass is 79.9. The van der Waals surface area contributed by atoms with Crippen LogP contribution in [-0.4, -0.2) is 27.0 Å². The van der Waals surface area contributed by atoms with Crippen LogP contribution in [0.4, 0.5) is 5.69 Å². The molecule has 1 rings (SSSR count). The predicted octanol–water partition coefficient (Wildman–Crippen LogP) is 1.84. The van der Waals surface area contributed by atoms with E-state index in [1.807, 2.05) is 0 Å². The van der Waals surface area contributed by atoms with E-state index < -0.39 is 9.84 Å². The molecule has 0 bridgehead atoms. The lowest BCUT2D eigenvalue weighted by molar-refractivity contribution is 0.318. The standard InChI is InChI=1S/C10H14BrNO3S/c1-16(13,14)4-2-3-15-10-6-8(11)5-9(12)7-10/h5-7H,2-4,12H2,1H3. The van der Waals surface area contributed by atoms with Crippen LogP contribution < -0.4 is 10.5 Å². The fourth-order valence-corrected chi connectivity index (χ4v) is 2.31. The van der Waals surface area contributed by atoms with E-state index in [0.717, 1.165) is 4.47 Å². The summed E-state index contributed by atoms with van der Waals surface area (Å²) in [5, 5.41) is 0. The van der Waals surface area contributed by atoms with Gasteiger partial charge >= 0.3 is 0 Å². The van der Waals surface area contributed by atoms with Crippen LogP contribution in [0, 0.1) is 0 Å². The van der Waals surface area contributed by atoms with E-state index in [9.17, 15) is 8.42 Å². The molecule has 0 unspecified atom stereocenters. The lowest BCUT2D eigenvalue weighted by Crippen LogP contribution is -2.08. The van der Waals surface area contributed by atoms with Crippen LogP contribution in [0.5, 0.6) is 5.75 Å². The first kappa shape index (κ1) is 13.3. The average molecular weight is 308 g/mol. The van der Waals surface area contributed by atoms with Gasteiger partial charge in [-0.25, -0.2) is 8.42 Å². The molecule has 4 nitrogen and oxygen atoms in total. The van der Waals surface area contributed by atoms with Gasteiger partial charge in [-0.2, -0.15) is 0 Å². The number of nitrogen functional groups attached to an aromatic ring is 1. The number of hydrogen-bond acceptors (Lipinski definition) is 4. The molecule has 16 heavy (non-hydrogen) atoms. The Bertz CT molecular complexity index is 439. The Morgan fingerprint density at radius 2 is 2.06 bits per heavy atom. The first-order valence-corrected chi connectivity index (χ1v) is 7.59. The van der Waals surface area contributed by atoms with Gasteiger partial charge in [-0.3, -0.25) is 0 Å². The number of sulfone groups is 1. The van der Waals surface area contributed by atoms with Crippen molar-refractivity contribution in [3.05, 3.63) is 22.7 Å². The molecule has 0 saturated carbocycles. The van der Waals surface area contributed by atoms with Crippen LogP contribution in [0.3, 0.4) is 0 Å². The molecule has 1 aromatic carbocycles. The van der Waals surface area contributed by atoms with Crippen LogP contribution in [0.1, 0.15) is 6.42 Å². The summed E-state index contributed by atoms with van der Waals surface area (Å²) in [6.45, 7) is 0.364. The molecule has 0 fully saturated rings. The van der Waals surface area contributed by atoms with Crippen molar-refractivity contribution in [3.63, 3.8) is 0 Å². The number of rotatable bonds is 5. The van der Waals surface area contributed by atoms with Crippen molar-refractivity contribution in [1.82, 2.24) is 0 Å². The summed E-state index contributed by atoms with van der Waals surface area (Å²) in [7, 11) is -2.91. The predicted molar refractivity (Wildman–Crippen MR) is 68.4 cm³/mol. The number of halogens is 1. The molecule has 0 aliphatic carbocycles. The summed E-state index contributed by atoms with van der Waals surface area (Å²) in [6, 6.07) is 5.26. The van der Waals surface area contributed by atoms with Gasteiger partial charge in [0.25, 0.3) is 0 Å². The lowest BCUT2D eigenvalue weighted by atomic mass is 10.3. The second-order valence-electron chi connectivity index (χ2n) is 3.55. The third kappa shape index (κ3) is 5.37. The van der Waals surface area contributed by atoms with Crippen LogP contribution in [0.25, 0.3) is 0 Å². The third-order valence-electron chi connectivity index (χ3n) is 1.82. The maximum absolute atomic E-state index is 10.9. The Hall–Kier alpha value is -0.750. The van der Waals surface area contributed by atoms with Crippen molar-refractivity contribution in [3.8, 4) is 5.75 Å². The van der Waals surface area contributed by atoms with E-state index in [0.29, 0.717) is 24.5 Å². The van der Waals surface area contributed by atoms with Gasteiger partial charge in [0, 0.05) is 22.5 Å². The van der Waals surface area contributed by atoms with E-state index in [1.165, 1.54) is 6.26 Å². The smallest absolute Gasteiger partial charge is 0.147 e. The second kappa shape index (κ2) is 5.54. The Labute approximate surface area is 104 Å². The molecular weight excluding hydrogens is 294 g/mol. The summed E-state index contributed by atoms with van der Waals surface area (Å²) in [5.74, 6) is 0.775. The monoisotopic (exact) mass is 307 g/mol. The van der Waals surface area contributed by atoms with Crippen molar-refractivity contribution in [1.29, 1.82) is 0 Å². The van der Waals surface area contributed by atoms with Crippen molar-refractivity contribution < 1.29 is 13.2 Å². The van der Waals surface area contributed by atoms with Crippen molar-refractivity contribution in [2.45, 2.75) is 6.42 Å². The number of benzene rings is 1. The maximum atomic E-state index is 10.9. The van der Waals surface area contributed by atoms with Gasteiger partial charge in [-0.05, 0) is 18.6 Å². The normalized spacial score (nSPS) is 11.4. The minimum absolute atomic E-state index is 0.135. The molecule has 0 aliphatic rings. The SMILES string of the molecule is CS(=O)(=O)CCCOc1cc(N)cc(Br)c1. The van der Waals surface area contributed by atoms with Crippen molar-refractivity contribution in [2.75, 3.05) is 24.3 Å². The molecule has 0 aromatic heterocycles. The number of hydrogen-bond donors (Lipinski definition) is 1. The zero-order valence-electron chi connectivity index (χ0n) is 8.94. The number of anilines is 1. The van der Waals surface area contributed by atoms with Crippen LogP contribution >= 0.6 is 15.9 Å². The number of ether oxygens (including phenoxy) is 1. The highest BCUT2D eigenvalue weighted by molar-refractivity contribution is 9.10. The van der Waals surface area contributed by atoms with Gasteiger partial charge in [-0.1, -0.05) is 15.9 Å². The Balaban J connectivity index is 2.43. The van der Waals surface area contributed by atoms with Gasteiger partial charge in [-0.15, -0.1) is 0 Å². The second-order valence-corrected chi connectivity index (χ2v) is 6.73. The first-order valence-electron chi connectivity index (χ1n) is 4.73. The molecule has 0 atom stereocenters. The van der Waals surface area contributed by atoms with Gasteiger partial charge in [0.15, 0.2) is 0 Å². The van der Waals surface area contributed by atoms with Gasteiger partial charge < -0.3 is 10.5 Å². The van der Waals surface area contributed by atoms with Crippen molar-refractivity contribution in [2.24, 2.45) is 0 Å². The Morgan fingerprint density at radius 1 is 1.38 bits per heavy atom. The van der Waals surface area contributed by atoms with E-state index in [1.54, 1.807) is 18.2 Å². The summed E-state index contributed by atoms with van der Waals surface area (Å²) >= 11 is 3.30. The van der Waals surface area contributed by atoms with E-state index in [-0.39, 0.29) is 5.75 Å². The Kier molecular flexibility index (Phi) is 4.61. The molecule has 2 N–H and O–H groups in total. The van der Waals surface area contributed by atoms with Crippen molar-refractivity contribution >= 4 is 31.5 Å². The molecule has 0 radical (unpaired) electrons. The molecule has 90 valence electrons. The first-order chi connectivity index (χ1) is 7.37. The average Bonchev–Trinajstić information content (AvgIpc) is 2.09. The van der Waals surface area contributed by atoms with Crippen LogP contribution in [0.2, 0.25) is 0 Å². The van der Waals surface area contributed by atoms with E-state index in [2.05, 4.69) is 15.9 Å². The third-order valence-corrected chi connectivity index (χ3v) is 3.31. The maximum Gasteiger partial charge on any atom is 0.147 e. The highest BCUT2D eigenvalue weighted by Crippen LogP contribution is 2.22. The van der Waals surface area contributed by atoms with Gasteiger partial charge in [0.1, 0.15) is 15.6 Å². The van der Waals surface area contributed by atoms with Crippen LogP contribution in [-0.2, 0) is 9.84 Å². The molecule has 0 amide bonds. The van der Waals surface area contributed by atoms with E-state index in [4.69, 9.17) is 10.5 Å². The molecule has 0 saturated heterocycles. The molecule has 0 aliphatic heterocycles. The summed E-state index contributed by atoms with van der Waals surface area (Å²) in [4.78, 5) is 0. The largest absolute Gasteiger partial charge is 0.493 e. The lowest BCUT2D eigenvalue weighted by Gasteiger charge is -2.07. The minimum Gasteiger partial charge on any atom is -0.493 e. The highest BCUT2D eigenvalue weighted by Gasteiger charge is 2.02. The summed E-state index contributed by atoms with van der Waals surface area (Å²) in [6.07, 6.45) is 1.69. The van der Waals surface area contributed by atoms with Gasteiger partial charge in [0.05, 0.1) is 12.4 Å². The van der Waals surface area contributed by atoms with Gasteiger partial charge in [0.2, 0.25) is 0 Å². The molecule has 0 spiro atoms. The Morgan fingerprint density at radius 3 is 2.62 bits per heavy atom. The number of nitrogens with two attached hydrogens (primary N) is 1. The summed E-state index contributed by atoms with van der Waals surface area (Å²) in [5.41, 5.74) is 6.23. The fourth-order valence-electron chi connectivity index (χ4n) is 1.18. The summed E-state index contributed by atoms with van der Waals surface area (Å²) < 4.78 is 28.0. The molecule has 6 heteroatoms. The van der Waals surface area contributed by atoms with Crippen LogP contribution in [0.15, 0.2) is 22.7 Å². The zero-order chi connectivity index (χ0) is 12.2. The van der Waals surface area contributed by atoms with E-state index >= 15 is 0 Å². The quantitative estimate of drug-likeness (QED) is 0.666. The molecular formula is C10H14BrNO3S. The fraction of sp³-hybridized carbons (Fsp3) is 0.400. The minimum atomic E-state index is -2.91.